The van der Waals surface area contributed by atoms with Crippen LogP contribution in [0.3, 0.4) is 0 Å². The van der Waals surface area contributed by atoms with E-state index in [2.05, 4.69) is 10.1 Å². The summed E-state index contributed by atoms with van der Waals surface area (Å²) >= 11 is 0. The van der Waals surface area contributed by atoms with Crippen LogP contribution in [0, 0.1) is 11.6 Å². The second-order valence-corrected chi connectivity index (χ2v) is 6.01. The number of hydrogen-bond donors (Lipinski definition) is 1. The van der Waals surface area contributed by atoms with E-state index in [0.29, 0.717) is 37.3 Å². The van der Waals surface area contributed by atoms with Crippen LogP contribution in [0.5, 0.6) is 5.75 Å². The molecule has 140 valence electrons. The summed E-state index contributed by atoms with van der Waals surface area (Å²) < 4.78 is 68.3. The molecule has 0 amide bonds. The van der Waals surface area contributed by atoms with Crippen molar-refractivity contribution >= 4 is 0 Å². The quantitative estimate of drug-likeness (QED) is 0.825. The van der Waals surface area contributed by atoms with Crippen LogP contribution in [-0.2, 0) is 0 Å². The maximum atomic E-state index is 13.7. The Morgan fingerprint density at radius 1 is 0.885 bits per heavy atom. The fraction of sp³-hybridized carbons (Fsp3) is 0.333. The largest absolute Gasteiger partial charge is 0.573 e. The molecular formula is C18H17F5N2O. The van der Waals surface area contributed by atoms with E-state index in [1.54, 1.807) is 0 Å². The van der Waals surface area contributed by atoms with Crippen LogP contribution in [-0.4, -0.2) is 37.4 Å². The highest BCUT2D eigenvalue weighted by atomic mass is 19.4. The van der Waals surface area contributed by atoms with E-state index in [1.165, 1.54) is 36.4 Å². The van der Waals surface area contributed by atoms with Crippen molar-refractivity contribution in [1.29, 1.82) is 0 Å². The van der Waals surface area contributed by atoms with Crippen molar-refractivity contribution < 1.29 is 26.7 Å². The van der Waals surface area contributed by atoms with Gasteiger partial charge in [0.15, 0.2) is 0 Å². The molecule has 1 aliphatic rings. The number of nitrogens with zero attached hydrogens (tertiary/aromatic N) is 1. The van der Waals surface area contributed by atoms with E-state index in [1.807, 2.05) is 4.90 Å². The van der Waals surface area contributed by atoms with E-state index in [4.69, 9.17) is 0 Å². The molecule has 2 aromatic rings. The first kappa shape index (κ1) is 18.6. The fourth-order valence-corrected chi connectivity index (χ4v) is 3.14. The van der Waals surface area contributed by atoms with Crippen molar-refractivity contribution in [3.05, 3.63) is 65.2 Å². The van der Waals surface area contributed by atoms with Gasteiger partial charge in [0.2, 0.25) is 0 Å². The summed E-state index contributed by atoms with van der Waals surface area (Å²) in [4.78, 5) is 2.03. The van der Waals surface area contributed by atoms with Crippen LogP contribution in [0.1, 0.15) is 17.2 Å². The zero-order valence-electron chi connectivity index (χ0n) is 13.7. The number of piperazine rings is 1. The van der Waals surface area contributed by atoms with Crippen molar-refractivity contribution in [3.63, 3.8) is 0 Å². The SMILES string of the molecule is Fc1cc(F)cc([C@H](c2ccc(OC(F)(F)F)cc2)N2CCNCC2)c1. The second kappa shape index (κ2) is 7.59. The van der Waals surface area contributed by atoms with E-state index < -0.39 is 24.0 Å². The van der Waals surface area contributed by atoms with Gasteiger partial charge in [-0.2, -0.15) is 0 Å². The summed E-state index contributed by atoms with van der Waals surface area (Å²) in [6.07, 6.45) is -4.77. The number of nitrogens with one attached hydrogen (secondary N) is 1. The lowest BCUT2D eigenvalue weighted by Gasteiger charge is -2.35. The van der Waals surface area contributed by atoms with Crippen LogP contribution in [0.25, 0.3) is 0 Å². The number of halogens is 5. The molecule has 0 unspecified atom stereocenters. The molecule has 0 bridgehead atoms. The van der Waals surface area contributed by atoms with Crippen LogP contribution in [0.2, 0.25) is 0 Å². The summed E-state index contributed by atoms with van der Waals surface area (Å²) in [5.41, 5.74) is 1.04. The van der Waals surface area contributed by atoms with Gasteiger partial charge < -0.3 is 10.1 Å². The Labute approximate surface area is 147 Å². The number of rotatable bonds is 4. The molecule has 1 aliphatic heterocycles. The lowest BCUT2D eigenvalue weighted by molar-refractivity contribution is -0.274. The Kier molecular flexibility index (Phi) is 5.43. The number of benzene rings is 2. The Morgan fingerprint density at radius 3 is 2.00 bits per heavy atom. The molecular weight excluding hydrogens is 355 g/mol. The molecule has 1 heterocycles. The minimum atomic E-state index is -4.77. The van der Waals surface area contributed by atoms with Crippen molar-refractivity contribution in [1.82, 2.24) is 10.2 Å². The standard InChI is InChI=1S/C18H17F5N2O/c19-14-9-13(10-15(20)11-14)17(25-7-5-24-6-8-25)12-1-3-16(4-2-12)26-18(21,22)23/h1-4,9-11,17,24H,5-8H2/t17-/m0/s1. The first-order valence-electron chi connectivity index (χ1n) is 8.08. The zero-order valence-corrected chi connectivity index (χ0v) is 13.7. The molecule has 8 heteroatoms. The third kappa shape index (κ3) is 4.70. The van der Waals surface area contributed by atoms with Crippen LogP contribution < -0.4 is 10.1 Å². The molecule has 26 heavy (non-hydrogen) atoms. The van der Waals surface area contributed by atoms with Gasteiger partial charge in [-0.25, -0.2) is 8.78 Å². The van der Waals surface area contributed by atoms with Gasteiger partial charge in [-0.05, 0) is 35.4 Å². The summed E-state index contributed by atoms with van der Waals surface area (Å²) in [6, 6.07) is 8.18. The highest BCUT2D eigenvalue weighted by Gasteiger charge is 2.31. The van der Waals surface area contributed by atoms with Gasteiger partial charge in [-0.15, -0.1) is 13.2 Å². The molecule has 1 fully saturated rings. The molecule has 1 saturated heterocycles. The molecule has 1 N–H and O–H groups in total. The van der Waals surface area contributed by atoms with Gasteiger partial charge in [0.05, 0.1) is 6.04 Å². The topological polar surface area (TPSA) is 24.5 Å². The monoisotopic (exact) mass is 372 g/mol. The van der Waals surface area contributed by atoms with E-state index in [0.717, 1.165) is 6.07 Å². The Morgan fingerprint density at radius 2 is 1.46 bits per heavy atom. The fourth-order valence-electron chi connectivity index (χ4n) is 3.14. The van der Waals surface area contributed by atoms with Crippen LogP contribution in [0.4, 0.5) is 22.0 Å². The van der Waals surface area contributed by atoms with Crippen LogP contribution >= 0.6 is 0 Å². The molecule has 0 spiro atoms. The molecule has 1 atom stereocenters. The van der Waals surface area contributed by atoms with E-state index in [9.17, 15) is 22.0 Å². The first-order chi connectivity index (χ1) is 12.3. The minimum absolute atomic E-state index is 0.342. The van der Waals surface area contributed by atoms with Gasteiger partial charge in [0.1, 0.15) is 17.4 Å². The second-order valence-electron chi connectivity index (χ2n) is 6.01. The predicted octanol–water partition coefficient (Wildman–Crippen LogP) is 3.86. The van der Waals surface area contributed by atoms with Gasteiger partial charge >= 0.3 is 6.36 Å². The van der Waals surface area contributed by atoms with Gasteiger partial charge in [-0.1, -0.05) is 12.1 Å². The normalized spacial score (nSPS) is 17.1. The third-order valence-electron chi connectivity index (χ3n) is 4.15. The molecule has 0 saturated carbocycles. The zero-order chi connectivity index (χ0) is 18.7. The smallest absolute Gasteiger partial charge is 0.406 e. The molecule has 2 aromatic carbocycles. The van der Waals surface area contributed by atoms with Crippen molar-refractivity contribution in [2.24, 2.45) is 0 Å². The highest BCUT2D eigenvalue weighted by molar-refractivity contribution is 5.36. The maximum Gasteiger partial charge on any atom is 0.573 e. The summed E-state index contributed by atoms with van der Waals surface area (Å²) in [6.45, 7) is 2.71. The summed E-state index contributed by atoms with van der Waals surface area (Å²) in [5.74, 6) is -1.74. The lowest BCUT2D eigenvalue weighted by atomic mass is 9.96. The van der Waals surface area contributed by atoms with Crippen molar-refractivity contribution in [2.75, 3.05) is 26.2 Å². The van der Waals surface area contributed by atoms with E-state index in [-0.39, 0.29) is 5.75 Å². The minimum Gasteiger partial charge on any atom is -0.406 e. The summed E-state index contributed by atoms with van der Waals surface area (Å²) in [5, 5.41) is 3.20. The molecule has 0 aliphatic carbocycles. The maximum absolute atomic E-state index is 13.7. The van der Waals surface area contributed by atoms with Crippen LogP contribution in [0.15, 0.2) is 42.5 Å². The number of alkyl halides is 3. The predicted molar refractivity (Wildman–Crippen MR) is 85.8 cm³/mol. The third-order valence-corrected chi connectivity index (χ3v) is 4.15. The van der Waals surface area contributed by atoms with Gasteiger partial charge in [0, 0.05) is 32.2 Å². The average molecular weight is 372 g/mol. The molecule has 0 aromatic heterocycles. The van der Waals surface area contributed by atoms with Gasteiger partial charge in [0.25, 0.3) is 0 Å². The average Bonchev–Trinajstić information content (AvgIpc) is 2.55. The Balaban J connectivity index is 1.94. The Hall–Kier alpha value is -2.19. The van der Waals surface area contributed by atoms with Crippen molar-refractivity contribution in [3.8, 4) is 5.75 Å². The molecule has 0 radical (unpaired) electrons. The lowest BCUT2D eigenvalue weighted by Crippen LogP contribution is -2.45. The van der Waals surface area contributed by atoms with Gasteiger partial charge in [-0.3, -0.25) is 4.90 Å². The molecule has 3 rings (SSSR count). The number of hydrogen-bond acceptors (Lipinski definition) is 3. The van der Waals surface area contributed by atoms with E-state index >= 15 is 0 Å². The van der Waals surface area contributed by atoms with Crippen molar-refractivity contribution in [2.45, 2.75) is 12.4 Å². The first-order valence-corrected chi connectivity index (χ1v) is 8.08. The number of ether oxygens (including phenoxy) is 1. The highest BCUT2D eigenvalue weighted by Crippen LogP contribution is 2.32. The Bertz CT molecular complexity index is 722. The molecule has 3 nitrogen and oxygen atoms in total. The summed E-state index contributed by atoms with van der Waals surface area (Å²) in [7, 11) is 0.